The van der Waals surface area contributed by atoms with Crippen LogP contribution < -0.4 is 5.32 Å². The topological polar surface area (TPSA) is 49.3 Å². The van der Waals surface area contributed by atoms with Crippen molar-refractivity contribution in [2.75, 3.05) is 7.05 Å². The molecule has 2 atom stereocenters. The number of rotatable bonds is 5. The van der Waals surface area contributed by atoms with Gasteiger partial charge in [-0.2, -0.15) is 0 Å². The van der Waals surface area contributed by atoms with Crippen molar-refractivity contribution in [3.63, 3.8) is 0 Å². The summed E-state index contributed by atoms with van der Waals surface area (Å²) in [5.74, 6) is -0.281. The molecule has 0 unspecified atom stereocenters. The molecule has 0 amide bonds. The van der Waals surface area contributed by atoms with Crippen LogP contribution >= 0.6 is 0 Å². The predicted molar refractivity (Wildman–Crippen MR) is 44.6 cm³/mol. The fourth-order valence-electron chi connectivity index (χ4n) is 0.911. The average molecular weight is 159 g/mol. The van der Waals surface area contributed by atoms with Crippen molar-refractivity contribution in [2.24, 2.45) is 5.92 Å². The second-order valence-electron chi connectivity index (χ2n) is 2.93. The number of carbonyl (C=O) groups is 1. The van der Waals surface area contributed by atoms with E-state index in [0.29, 0.717) is 12.3 Å². The van der Waals surface area contributed by atoms with E-state index in [-0.39, 0.29) is 6.04 Å². The minimum absolute atomic E-state index is 0.384. The molecule has 0 bridgehead atoms. The highest BCUT2D eigenvalue weighted by molar-refractivity contribution is 5.73. The Morgan fingerprint density at radius 1 is 1.64 bits per heavy atom. The van der Waals surface area contributed by atoms with Gasteiger partial charge in [0.2, 0.25) is 0 Å². The lowest BCUT2D eigenvalue weighted by Gasteiger charge is -2.14. The molecule has 3 heteroatoms. The lowest BCUT2D eigenvalue weighted by molar-refractivity contribution is -0.139. The number of hydrogen-bond acceptors (Lipinski definition) is 2. The van der Waals surface area contributed by atoms with Crippen LogP contribution in [-0.2, 0) is 4.79 Å². The Morgan fingerprint density at radius 2 is 2.18 bits per heavy atom. The summed E-state index contributed by atoms with van der Waals surface area (Å²) in [5.41, 5.74) is 0. The van der Waals surface area contributed by atoms with E-state index < -0.39 is 5.97 Å². The summed E-state index contributed by atoms with van der Waals surface area (Å²) in [5, 5.41) is 11.4. The number of nitrogens with one attached hydrogen (secondary N) is 1. The Labute approximate surface area is 67.8 Å². The number of hydrogen-bond donors (Lipinski definition) is 2. The number of likely N-dealkylation sites (N-methyl/N-ethyl adjacent to an activating group) is 1. The van der Waals surface area contributed by atoms with E-state index in [2.05, 4.69) is 19.2 Å². The lowest BCUT2D eigenvalue weighted by atomic mass is 10.00. The van der Waals surface area contributed by atoms with E-state index in [4.69, 9.17) is 5.11 Å². The molecule has 0 aromatic rings. The summed E-state index contributed by atoms with van der Waals surface area (Å²) in [6.45, 7) is 4.13. The van der Waals surface area contributed by atoms with Crippen LogP contribution in [0, 0.1) is 5.92 Å². The molecule has 0 rings (SSSR count). The molecule has 0 saturated carbocycles. The molecule has 0 aromatic carbocycles. The van der Waals surface area contributed by atoms with Crippen LogP contribution in [-0.4, -0.2) is 24.2 Å². The van der Waals surface area contributed by atoms with Crippen molar-refractivity contribution in [1.82, 2.24) is 5.32 Å². The summed E-state index contributed by atoms with van der Waals surface area (Å²) in [6, 6.07) is -0.384. The van der Waals surface area contributed by atoms with E-state index in [1.807, 2.05) is 0 Å². The molecular formula is C8H17NO2. The molecule has 0 spiro atoms. The third-order valence-electron chi connectivity index (χ3n) is 1.98. The standard InChI is InChI=1S/C8H17NO2/c1-4-6(2)5-7(9-3)8(10)11/h6-7,9H,4-5H2,1-3H3,(H,10,11)/t6-,7-/m0/s1. The molecule has 3 nitrogen and oxygen atoms in total. The average Bonchev–Trinajstić information content (AvgIpc) is 1.99. The minimum Gasteiger partial charge on any atom is -0.480 e. The molecule has 11 heavy (non-hydrogen) atoms. The van der Waals surface area contributed by atoms with E-state index in [1.165, 1.54) is 0 Å². The van der Waals surface area contributed by atoms with Crippen molar-refractivity contribution in [2.45, 2.75) is 32.7 Å². The van der Waals surface area contributed by atoms with Gasteiger partial charge in [0.25, 0.3) is 0 Å². The smallest absolute Gasteiger partial charge is 0.320 e. The number of carboxylic acids is 1. The first-order chi connectivity index (χ1) is 5.11. The molecule has 0 heterocycles. The molecule has 0 fully saturated rings. The number of aliphatic carboxylic acids is 1. The molecule has 2 N–H and O–H groups in total. The van der Waals surface area contributed by atoms with Gasteiger partial charge in [0.15, 0.2) is 0 Å². The van der Waals surface area contributed by atoms with Gasteiger partial charge in [-0.15, -0.1) is 0 Å². The molecule has 0 saturated heterocycles. The molecule has 0 radical (unpaired) electrons. The first-order valence-corrected chi connectivity index (χ1v) is 4.01. The van der Waals surface area contributed by atoms with E-state index in [0.717, 1.165) is 6.42 Å². The highest BCUT2D eigenvalue weighted by atomic mass is 16.4. The van der Waals surface area contributed by atoms with Crippen molar-refractivity contribution in [3.8, 4) is 0 Å². The van der Waals surface area contributed by atoms with Gasteiger partial charge in [-0.25, -0.2) is 0 Å². The maximum atomic E-state index is 10.5. The van der Waals surface area contributed by atoms with Crippen LogP contribution in [0.25, 0.3) is 0 Å². The van der Waals surface area contributed by atoms with Crippen LogP contribution in [0.4, 0.5) is 0 Å². The van der Waals surface area contributed by atoms with Gasteiger partial charge in [-0.05, 0) is 19.4 Å². The van der Waals surface area contributed by atoms with Crippen LogP contribution in [0.3, 0.4) is 0 Å². The summed E-state index contributed by atoms with van der Waals surface area (Å²) < 4.78 is 0. The van der Waals surface area contributed by atoms with Gasteiger partial charge >= 0.3 is 5.97 Å². The highest BCUT2D eigenvalue weighted by Crippen LogP contribution is 2.09. The first kappa shape index (κ1) is 10.4. The third-order valence-corrected chi connectivity index (χ3v) is 1.98. The fourth-order valence-corrected chi connectivity index (χ4v) is 0.911. The molecule has 66 valence electrons. The molecule has 0 aliphatic heterocycles. The largest absolute Gasteiger partial charge is 0.480 e. The van der Waals surface area contributed by atoms with Crippen molar-refractivity contribution in [3.05, 3.63) is 0 Å². The lowest BCUT2D eigenvalue weighted by Crippen LogP contribution is -2.35. The Kier molecular flexibility index (Phi) is 4.86. The van der Waals surface area contributed by atoms with Crippen LogP contribution in [0.5, 0.6) is 0 Å². The highest BCUT2D eigenvalue weighted by Gasteiger charge is 2.16. The van der Waals surface area contributed by atoms with Crippen molar-refractivity contribution >= 4 is 5.97 Å². The summed E-state index contributed by atoms with van der Waals surface area (Å²) >= 11 is 0. The van der Waals surface area contributed by atoms with Gasteiger partial charge in [-0.3, -0.25) is 4.79 Å². The van der Waals surface area contributed by atoms with Gasteiger partial charge in [0, 0.05) is 0 Å². The van der Waals surface area contributed by atoms with E-state index in [1.54, 1.807) is 7.05 Å². The zero-order chi connectivity index (χ0) is 8.85. The third kappa shape index (κ3) is 3.98. The monoisotopic (exact) mass is 159 g/mol. The molecule has 0 aromatic heterocycles. The van der Waals surface area contributed by atoms with Crippen LogP contribution in [0.2, 0.25) is 0 Å². The van der Waals surface area contributed by atoms with Crippen molar-refractivity contribution in [1.29, 1.82) is 0 Å². The maximum Gasteiger partial charge on any atom is 0.320 e. The van der Waals surface area contributed by atoms with Crippen molar-refractivity contribution < 1.29 is 9.90 Å². The molecular weight excluding hydrogens is 142 g/mol. The van der Waals surface area contributed by atoms with E-state index >= 15 is 0 Å². The summed E-state index contributed by atoms with van der Waals surface area (Å²) in [7, 11) is 1.68. The number of carboxylic acid groups (broad SMARTS) is 1. The Balaban J connectivity index is 3.77. The van der Waals surface area contributed by atoms with Gasteiger partial charge in [0.05, 0.1) is 0 Å². The van der Waals surface area contributed by atoms with Crippen LogP contribution in [0.15, 0.2) is 0 Å². The SMILES string of the molecule is CC[C@H](C)C[C@H](NC)C(=O)O. The Bertz CT molecular complexity index is 125. The summed E-state index contributed by atoms with van der Waals surface area (Å²) in [6.07, 6.45) is 1.74. The summed E-state index contributed by atoms with van der Waals surface area (Å²) in [4.78, 5) is 10.5. The molecule has 0 aliphatic carbocycles. The first-order valence-electron chi connectivity index (χ1n) is 4.01. The van der Waals surface area contributed by atoms with E-state index in [9.17, 15) is 4.79 Å². The second kappa shape index (κ2) is 5.13. The van der Waals surface area contributed by atoms with Crippen LogP contribution in [0.1, 0.15) is 26.7 Å². The fraction of sp³-hybridized carbons (Fsp3) is 0.875. The van der Waals surface area contributed by atoms with Gasteiger partial charge in [-0.1, -0.05) is 20.3 Å². The zero-order valence-electron chi connectivity index (χ0n) is 7.42. The second-order valence-corrected chi connectivity index (χ2v) is 2.93. The quantitative estimate of drug-likeness (QED) is 0.631. The van der Waals surface area contributed by atoms with Gasteiger partial charge in [0.1, 0.15) is 6.04 Å². The Morgan fingerprint density at radius 3 is 2.45 bits per heavy atom. The van der Waals surface area contributed by atoms with Gasteiger partial charge < -0.3 is 10.4 Å². The maximum absolute atomic E-state index is 10.5. The zero-order valence-corrected chi connectivity index (χ0v) is 7.42. The normalized spacial score (nSPS) is 15.9. The predicted octanol–water partition coefficient (Wildman–Crippen LogP) is 1.10. The Hall–Kier alpha value is -0.570. The molecule has 0 aliphatic rings. The minimum atomic E-state index is -0.757.